The summed E-state index contributed by atoms with van der Waals surface area (Å²) in [4.78, 5) is 16.7. The van der Waals surface area contributed by atoms with Crippen molar-refractivity contribution >= 4 is 11.6 Å². The van der Waals surface area contributed by atoms with E-state index in [2.05, 4.69) is 10.3 Å². The first-order valence-corrected chi connectivity index (χ1v) is 6.73. The second kappa shape index (κ2) is 6.05. The minimum absolute atomic E-state index is 0.0922. The monoisotopic (exact) mass is 277 g/mol. The smallest absolute Gasteiger partial charge is 0.252 e. The lowest BCUT2D eigenvalue weighted by atomic mass is 10.1. The summed E-state index contributed by atoms with van der Waals surface area (Å²) in [5.74, 6) is -0.0922. The Hall–Kier alpha value is -2.88. The first-order chi connectivity index (χ1) is 10.3. The Labute approximate surface area is 123 Å². The van der Waals surface area contributed by atoms with Crippen LogP contribution >= 0.6 is 0 Å². The molecule has 0 unspecified atom stereocenters. The summed E-state index contributed by atoms with van der Waals surface area (Å²) in [6, 6.07) is 16.7. The summed E-state index contributed by atoms with van der Waals surface area (Å²) in [6.07, 6.45) is 7.09. The van der Waals surface area contributed by atoms with Gasteiger partial charge in [-0.05, 0) is 29.8 Å². The van der Waals surface area contributed by atoms with Gasteiger partial charge in [0.25, 0.3) is 5.91 Å². The highest BCUT2D eigenvalue weighted by Crippen LogP contribution is 2.20. The Morgan fingerprint density at radius 3 is 2.43 bits per heavy atom. The van der Waals surface area contributed by atoms with E-state index >= 15 is 0 Å². The number of carbonyl (C=O) groups is 1. The number of aromatic nitrogens is 2. The van der Waals surface area contributed by atoms with Gasteiger partial charge < -0.3 is 9.88 Å². The summed E-state index contributed by atoms with van der Waals surface area (Å²) in [5.41, 5.74) is 1.63. The predicted octanol–water partition coefficient (Wildman–Crippen LogP) is 3.11. The van der Waals surface area contributed by atoms with Crippen molar-refractivity contribution < 1.29 is 4.79 Å². The fourth-order valence-corrected chi connectivity index (χ4v) is 2.26. The van der Waals surface area contributed by atoms with E-state index in [1.807, 2.05) is 65.5 Å². The zero-order valence-corrected chi connectivity index (χ0v) is 11.4. The molecule has 0 spiro atoms. The van der Waals surface area contributed by atoms with Crippen molar-refractivity contribution in [2.75, 3.05) is 5.32 Å². The van der Waals surface area contributed by atoms with Gasteiger partial charge in [0.15, 0.2) is 0 Å². The first kappa shape index (κ1) is 13.1. The highest BCUT2D eigenvalue weighted by molar-refractivity contribution is 5.95. The van der Waals surface area contributed by atoms with Crippen LogP contribution in [0, 0.1) is 0 Å². The summed E-state index contributed by atoms with van der Waals surface area (Å²) in [7, 11) is 0. The molecule has 0 saturated carbocycles. The highest BCUT2D eigenvalue weighted by Gasteiger charge is 2.21. The fourth-order valence-electron chi connectivity index (χ4n) is 2.26. The first-order valence-electron chi connectivity index (χ1n) is 6.73. The minimum atomic E-state index is -0.401. The molecule has 4 heteroatoms. The molecular formula is C17H15N3O. The lowest BCUT2D eigenvalue weighted by Crippen LogP contribution is -2.26. The van der Waals surface area contributed by atoms with E-state index in [-0.39, 0.29) is 5.91 Å². The Balaban J connectivity index is 1.91. The highest BCUT2D eigenvalue weighted by atomic mass is 16.2. The number of benzene rings is 1. The van der Waals surface area contributed by atoms with Crippen LogP contribution in [0.4, 0.5) is 5.69 Å². The Morgan fingerprint density at radius 1 is 1.00 bits per heavy atom. The molecule has 1 amide bonds. The number of pyridine rings is 1. The zero-order chi connectivity index (χ0) is 14.5. The van der Waals surface area contributed by atoms with E-state index in [0.29, 0.717) is 5.69 Å². The summed E-state index contributed by atoms with van der Waals surface area (Å²) >= 11 is 0. The molecular weight excluding hydrogens is 262 g/mol. The molecule has 3 aromatic rings. The maximum absolute atomic E-state index is 12.7. The molecule has 1 N–H and O–H groups in total. The van der Waals surface area contributed by atoms with Crippen molar-refractivity contribution in [3.8, 4) is 0 Å². The van der Waals surface area contributed by atoms with Crippen LogP contribution in [0.1, 0.15) is 11.6 Å². The van der Waals surface area contributed by atoms with Crippen LogP contribution in [0.2, 0.25) is 0 Å². The maximum Gasteiger partial charge on any atom is 0.252 e. The predicted molar refractivity (Wildman–Crippen MR) is 81.9 cm³/mol. The summed E-state index contributed by atoms with van der Waals surface area (Å²) < 4.78 is 1.89. The molecule has 0 radical (unpaired) electrons. The topological polar surface area (TPSA) is 46.9 Å². The Morgan fingerprint density at radius 2 is 1.76 bits per heavy atom. The third kappa shape index (κ3) is 3.00. The minimum Gasteiger partial charge on any atom is -0.338 e. The van der Waals surface area contributed by atoms with E-state index < -0.39 is 6.04 Å². The Kier molecular flexibility index (Phi) is 3.78. The van der Waals surface area contributed by atoms with Gasteiger partial charge in [-0.1, -0.05) is 30.3 Å². The lowest BCUT2D eigenvalue weighted by molar-refractivity contribution is -0.118. The molecule has 2 heterocycles. The van der Waals surface area contributed by atoms with Gasteiger partial charge >= 0.3 is 0 Å². The number of amides is 1. The Bertz CT molecular complexity index is 693. The van der Waals surface area contributed by atoms with Crippen molar-refractivity contribution in [1.82, 2.24) is 9.55 Å². The van der Waals surface area contributed by atoms with Crippen molar-refractivity contribution in [3.05, 3.63) is 84.9 Å². The van der Waals surface area contributed by atoms with Gasteiger partial charge in [-0.25, -0.2) is 0 Å². The normalized spacial score (nSPS) is 11.8. The number of hydrogen-bond acceptors (Lipinski definition) is 2. The number of anilines is 1. The van der Waals surface area contributed by atoms with Crippen molar-refractivity contribution in [1.29, 1.82) is 0 Å². The van der Waals surface area contributed by atoms with E-state index in [0.717, 1.165) is 5.56 Å². The van der Waals surface area contributed by atoms with Crippen LogP contribution in [0.15, 0.2) is 79.4 Å². The van der Waals surface area contributed by atoms with Gasteiger partial charge in [-0.2, -0.15) is 0 Å². The molecule has 21 heavy (non-hydrogen) atoms. The molecule has 1 atom stereocenters. The van der Waals surface area contributed by atoms with Crippen LogP contribution in [-0.4, -0.2) is 15.5 Å². The summed E-state index contributed by atoms with van der Waals surface area (Å²) in [6.45, 7) is 0. The third-order valence-corrected chi connectivity index (χ3v) is 3.22. The number of nitrogens with one attached hydrogen (secondary N) is 1. The molecule has 0 aliphatic heterocycles. The molecule has 0 bridgehead atoms. The summed E-state index contributed by atoms with van der Waals surface area (Å²) in [5, 5.41) is 2.91. The zero-order valence-electron chi connectivity index (χ0n) is 11.4. The molecule has 3 rings (SSSR count). The van der Waals surface area contributed by atoms with E-state index in [9.17, 15) is 4.79 Å². The average molecular weight is 277 g/mol. The second-order valence-electron chi connectivity index (χ2n) is 4.67. The van der Waals surface area contributed by atoms with Gasteiger partial charge in [-0.15, -0.1) is 0 Å². The standard InChI is InChI=1S/C17H15N3O/c21-17(19-15-9-6-10-18-13-15)16(20-11-4-5-12-20)14-7-2-1-3-8-14/h1-13,16H,(H,19,21)/t16-/m1/s1. The van der Waals surface area contributed by atoms with Crippen molar-refractivity contribution in [2.24, 2.45) is 0 Å². The number of nitrogens with zero attached hydrogens (tertiary/aromatic N) is 2. The van der Waals surface area contributed by atoms with Crippen LogP contribution in [-0.2, 0) is 4.79 Å². The molecule has 4 nitrogen and oxygen atoms in total. The van der Waals surface area contributed by atoms with Gasteiger partial charge in [0.05, 0.1) is 11.9 Å². The molecule has 0 fully saturated rings. The van der Waals surface area contributed by atoms with E-state index in [1.165, 1.54) is 0 Å². The second-order valence-corrected chi connectivity index (χ2v) is 4.67. The van der Waals surface area contributed by atoms with Crippen molar-refractivity contribution in [2.45, 2.75) is 6.04 Å². The molecule has 2 aromatic heterocycles. The van der Waals surface area contributed by atoms with Crippen molar-refractivity contribution in [3.63, 3.8) is 0 Å². The van der Waals surface area contributed by atoms with Crippen LogP contribution < -0.4 is 5.32 Å². The quantitative estimate of drug-likeness (QED) is 0.796. The molecule has 0 saturated heterocycles. The SMILES string of the molecule is O=C(Nc1cccnc1)[C@@H](c1ccccc1)n1cccc1. The third-order valence-electron chi connectivity index (χ3n) is 3.22. The lowest BCUT2D eigenvalue weighted by Gasteiger charge is -2.19. The largest absolute Gasteiger partial charge is 0.338 e. The van der Waals surface area contributed by atoms with E-state index in [1.54, 1.807) is 18.5 Å². The van der Waals surface area contributed by atoms with Gasteiger partial charge in [0.2, 0.25) is 0 Å². The maximum atomic E-state index is 12.7. The molecule has 104 valence electrons. The van der Waals surface area contributed by atoms with Crippen LogP contribution in [0.3, 0.4) is 0 Å². The molecule has 0 aliphatic rings. The van der Waals surface area contributed by atoms with E-state index in [4.69, 9.17) is 0 Å². The van der Waals surface area contributed by atoms with Gasteiger partial charge in [0.1, 0.15) is 6.04 Å². The van der Waals surface area contributed by atoms with Crippen LogP contribution in [0.5, 0.6) is 0 Å². The average Bonchev–Trinajstić information content (AvgIpc) is 3.03. The number of carbonyl (C=O) groups excluding carboxylic acids is 1. The number of hydrogen-bond donors (Lipinski definition) is 1. The number of rotatable bonds is 4. The fraction of sp³-hybridized carbons (Fsp3) is 0.0588. The molecule has 0 aliphatic carbocycles. The molecule has 1 aromatic carbocycles. The van der Waals surface area contributed by atoms with Gasteiger partial charge in [-0.3, -0.25) is 9.78 Å². The van der Waals surface area contributed by atoms with Crippen LogP contribution in [0.25, 0.3) is 0 Å². The van der Waals surface area contributed by atoms with Gasteiger partial charge in [0, 0.05) is 18.6 Å².